The minimum absolute atomic E-state index is 0.358. The molecule has 1 amide bonds. The van der Waals surface area contributed by atoms with Gasteiger partial charge >= 0.3 is 5.97 Å². The van der Waals surface area contributed by atoms with E-state index in [0.29, 0.717) is 16.9 Å². The van der Waals surface area contributed by atoms with Crippen LogP contribution in [0.15, 0.2) is 59.7 Å². The van der Waals surface area contributed by atoms with Gasteiger partial charge in [0.1, 0.15) is 5.75 Å². The highest BCUT2D eigenvalue weighted by Crippen LogP contribution is 2.21. The van der Waals surface area contributed by atoms with E-state index in [1.54, 1.807) is 42.6 Å². The molecule has 30 heavy (non-hydrogen) atoms. The molecule has 0 fully saturated rings. The molecular weight excluding hydrogens is 382 g/mol. The Labute approximate surface area is 174 Å². The van der Waals surface area contributed by atoms with Crippen molar-refractivity contribution >= 4 is 18.1 Å². The Morgan fingerprint density at radius 3 is 2.53 bits per heavy atom. The highest BCUT2D eigenvalue weighted by molar-refractivity contribution is 5.97. The van der Waals surface area contributed by atoms with E-state index in [4.69, 9.17) is 9.47 Å². The highest BCUT2D eigenvalue weighted by Gasteiger charge is 2.13. The minimum Gasteiger partial charge on any atom is -0.496 e. The average molecular weight is 405 g/mol. The van der Waals surface area contributed by atoms with Gasteiger partial charge in [-0.3, -0.25) is 4.79 Å². The van der Waals surface area contributed by atoms with E-state index in [2.05, 4.69) is 10.5 Å². The Kier molecular flexibility index (Phi) is 6.32. The van der Waals surface area contributed by atoms with Crippen molar-refractivity contribution in [1.82, 2.24) is 9.99 Å². The molecule has 0 radical (unpaired) electrons. The number of benzene rings is 2. The maximum Gasteiger partial charge on any atom is 0.337 e. The summed E-state index contributed by atoms with van der Waals surface area (Å²) < 4.78 is 12.0. The smallest absolute Gasteiger partial charge is 0.337 e. The molecule has 0 aliphatic carbocycles. The van der Waals surface area contributed by atoms with Crippen molar-refractivity contribution in [3.8, 4) is 11.4 Å². The normalized spacial score (nSPS) is 10.8. The molecule has 3 rings (SSSR count). The molecule has 0 spiro atoms. The van der Waals surface area contributed by atoms with Gasteiger partial charge in [-0.25, -0.2) is 10.2 Å². The molecule has 3 aromatic rings. The van der Waals surface area contributed by atoms with Crippen molar-refractivity contribution in [2.45, 2.75) is 13.8 Å². The van der Waals surface area contributed by atoms with E-state index in [0.717, 1.165) is 22.6 Å². The monoisotopic (exact) mass is 405 g/mol. The molecule has 1 heterocycles. The number of aromatic nitrogens is 1. The van der Waals surface area contributed by atoms with Gasteiger partial charge in [0.05, 0.1) is 31.6 Å². The van der Waals surface area contributed by atoms with Gasteiger partial charge in [-0.15, -0.1) is 0 Å². The van der Waals surface area contributed by atoms with Gasteiger partial charge in [-0.1, -0.05) is 18.2 Å². The van der Waals surface area contributed by atoms with Crippen LogP contribution in [-0.4, -0.2) is 36.9 Å². The number of esters is 1. The molecule has 7 nitrogen and oxygen atoms in total. The number of nitrogens with zero attached hydrogens (tertiary/aromatic N) is 2. The summed E-state index contributed by atoms with van der Waals surface area (Å²) in [5.74, 6) is -0.266. The molecule has 0 bridgehead atoms. The summed E-state index contributed by atoms with van der Waals surface area (Å²) >= 11 is 0. The SMILES string of the molecule is COC(=O)c1cccc(-n2c(C)cc(/C=N\NC(=O)c3ccccc3OC)c2C)c1. The van der Waals surface area contributed by atoms with Crippen molar-refractivity contribution in [3.63, 3.8) is 0 Å². The summed E-state index contributed by atoms with van der Waals surface area (Å²) in [6.07, 6.45) is 1.59. The van der Waals surface area contributed by atoms with E-state index in [1.807, 2.05) is 36.6 Å². The summed E-state index contributed by atoms with van der Waals surface area (Å²) in [6.45, 7) is 3.91. The van der Waals surface area contributed by atoms with Crippen LogP contribution in [-0.2, 0) is 4.74 Å². The maximum atomic E-state index is 12.4. The Bertz CT molecular complexity index is 1120. The predicted molar refractivity (Wildman–Crippen MR) is 115 cm³/mol. The predicted octanol–water partition coefficient (Wildman–Crippen LogP) is 3.65. The quantitative estimate of drug-likeness (QED) is 0.386. The summed E-state index contributed by atoms with van der Waals surface area (Å²) in [6, 6.07) is 16.1. The number of hydrogen-bond acceptors (Lipinski definition) is 5. The number of amides is 1. The number of methoxy groups -OCH3 is 2. The van der Waals surface area contributed by atoms with Crippen molar-refractivity contribution in [1.29, 1.82) is 0 Å². The lowest BCUT2D eigenvalue weighted by Crippen LogP contribution is -2.18. The van der Waals surface area contributed by atoms with Gasteiger partial charge in [0.15, 0.2) is 0 Å². The maximum absolute atomic E-state index is 12.4. The molecule has 7 heteroatoms. The van der Waals surface area contributed by atoms with E-state index in [1.165, 1.54) is 14.2 Å². The first kappa shape index (κ1) is 20.9. The fourth-order valence-electron chi connectivity index (χ4n) is 3.26. The van der Waals surface area contributed by atoms with Crippen LogP contribution >= 0.6 is 0 Å². The van der Waals surface area contributed by atoms with E-state index >= 15 is 0 Å². The number of nitrogens with one attached hydrogen (secondary N) is 1. The lowest BCUT2D eigenvalue weighted by molar-refractivity contribution is 0.0600. The van der Waals surface area contributed by atoms with Gasteiger partial charge in [0.25, 0.3) is 5.91 Å². The van der Waals surface area contributed by atoms with E-state index < -0.39 is 0 Å². The van der Waals surface area contributed by atoms with Gasteiger partial charge in [0.2, 0.25) is 0 Å². The molecule has 1 N–H and O–H groups in total. The largest absolute Gasteiger partial charge is 0.496 e. The molecule has 1 aromatic heterocycles. The highest BCUT2D eigenvalue weighted by atomic mass is 16.5. The first-order valence-electron chi connectivity index (χ1n) is 9.30. The molecule has 0 saturated carbocycles. The average Bonchev–Trinajstić information content (AvgIpc) is 3.06. The van der Waals surface area contributed by atoms with Crippen molar-refractivity contribution in [2.75, 3.05) is 14.2 Å². The van der Waals surface area contributed by atoms with Crippen LogP contribution in [0.1, 0.15) is 37.7 Å². The number of hydrogen-bond donors (Lipinski definition) is 1. The van der Waals surface area contributed by atoms with E-state index in [9.17, 15) is 9.59 Å². The van der Waals surface area contributed by atoms with Crippen LogP contribution in [0.4, 0.5) is 0 Å². The topological polar surface area (TPSA) is 81.9 Å². The van der Waals surface area contributed by atoms with Crippen molar-refractivity contribution in [3.05, 3.63) is 82.7 Å². The Hall–Kier alpha value is -3.87. The summed E-state index contributed by atoms with van der Waals surface area (Å²) in [4.78, 5) is 24.2. The third-order valence-electron chi connectivity index (χ3n) is 4.72. The lowest BCUT2D eigenvalue weighted by atomic mass is 10.2. The van der Waals surface area contributed by atoms with Crippen molar-refractivity contribution < 1.29 is 19.1 Å². The number of rotatable bonds is 6. The van der Waals surface area contributed by atoms with Crippen LogP contribution in [0, 0.1) is 13.8 Å². The molecule has 0 unspecified atom stereocenters. The fourth-order valence-corrected chi connectivity index (χ4v) is 3.26. The van der Waals surface area contributed by atoms with Gasteiger partial charge < -0.3 is 14.0 Å². The fraction of sp³-hybridized carbons (Fsp3) is 0.174. The molecule has 0 aliphatic heterocycles. The number of ether oxygens (including phenoxy) is 2. The van der Waals surface area contributed by atoms with Crippen LogP contribution in [0.2, 0.25) is 0 Å². The van der Waals surface area contributed by atoms with Crippen molar-refractivity contribution in [2.24, 2.45) is 5.10 Å². The number of hydrazone groups is 1. The van der Waals surface area contributed by atoms with Crippen LogP contribution in [0.5, 0.6) is 5.75 Å². The minimum atomic E-state index is -0.389. The number of carbonyl (C=O) groups excluding carboxylic acids is 2. The zero-order chi connectivity index (χ0) is 21.7. The standard InChI is InChI=1S/C23H23N3O4/c1-15-12-18(14-24-25-22(27)20-10-5-6-11-21(20)29-3)16(2)26(15)19-9-7-8-17(13-19)23(28)30-4/h5-14H,1-4H3,(H,25,27)/b24-14-. The Balaban J connectivity index is 1.82. The third kappa shape index (κ3) is 4.25. The molecule has 0 saturated heterocycles. The summed E-state index contributed by atoms with van der Waals surface area (Å²) in [5, 5.41) is 4.09. The molecule has 0 aliphatic rings. The second kappa shape index (κ2) is 9.09. The number of carbonyl (C=O) groups is 2. The number of para-hydroxylation sites is 1. The summed E-state index contributed by atoms with van der Waals surface area (Å²) in [7, 11) is 2.87. The first-order chi connectivity index (χ1) is 14.5. The van der Waals surface area contributed by atoms with Gasteiger partial charge in [-0.05, 0) is 50.2 Å². The van der Waals surface area contributed by atoms with Gasteiger partial charge in [0, 0.05) is 22.6 Å². The first-order valence-corrected chi connectivity index (χ1v) is 9.30. The second-order valence-electron chi connectivity index (χ2n) is 6.60. The second-order valence-corrected chi connectivity index (χ2v) is 6.60. The van der Waals surface area contributed by atoms with Crippen LogP contribution in [0.25, 0.3) is 5.69 Å². The Morgan fingerprint density at radius 2 is 1.80 bits per heavy atom. The van der Waals surface area contributed by atoms with Crippen LogP contribution < -0.4 is 10.2 Å². The lowest BCUT2D eigenvalue weighted by Gasteiger charge is -2.11. The molecular formula is C23H23N3O4. The van der Waals surface area contributed by atoms with E-state index in [-0.39, 0.29) is 11.9 Å². The molecule has 0 atom stereocenters. The van der Waals surface area contributed by atoms with Crippen LogP contribution in [0.3, 0.4) is 0 Å². The summed E-state index contributed by atoms with van der Waals surface area (Å²) in [5.41, 5.74) is 6.98. The van der Waals surface area contributed by atoms with Gasteiger partial charge in [-0.2, -0.15) is 5.10 Å². The molecule has 2 aromatic carbocycles. The number of aryl methyl sites for hydroxylation is 1. The zero-order valence-electron chi connectivity index (χ0n) is 17.3. The molecule has 154 valence electrons. The third-order valence-corrected chi connectivity index (χ3v) is 4.72. The Morgan fingerprint density at radius 1 is 1.03 bits per heavy atom. The zero-order valence-corrected chi connectivity index (χ0v) is 17.3.